The molecule has 2 heterocycles. The van der Waals surface area contributed by atoms with Crippen molar-refractivity contribution < 1.29 is 9.47 Å². The van der Waals surface area contributed by atoms with Gasteiger partial charge in [-0.1, -0.05) is 18.5 Å². The molecule has 1 saturated heterocycles. The van der Waals surface area contributed by atoms with Crippen LogP contribution in [-0.4, -0.2) is 19.9 Å². The van der Waals surface area contributed by atoms with Crippen LogP contribution in [0.15, 0.2) is 6.07 Å². The first-order chi connectivity index (χ1) is 8.31. The first-order valence-corrected chi connectivity index (χ1v) is 6.50. The number of hydrogen-bond donors (Lipinski definition) is 1. The molecule has 0 radical (unpaired) electrons. The highest BCUT2D eigenvalue weighted by molar-refractivity contribution is 6.31. The Kier molecular flexibility index (Phi) is 2.89. The Morgan fingerprint density at radius 3 is 3.06 bits per heavy atom. The summed E-state index contributed by atoms with van der Waals surface area (Å²) in [5.74, 6) is 2.20. The Labute approximate surface area is 106 Å². The van der Waals surface area contributed by atoms with Crippen molar-refractivity contribution in [2.45, 2.75) is 25.7 Å². The highest BCUT2D eigenvalue weighted by atomic mass is 35.5. The number of halogens is 1. The molecule has 0 saturated carbocycles. The van der Waals surface area contributed by atoms with Crippen molar-refractivity contribution in [3.8, 4) is 11.5 Å². The van der Waals surface area contributed by atoms with Gasteiger partial charge in [-0.2, -0.15) is 0 Å². The molecule has 1 aromatic carbocycles. The predicted octanol–water partition coefficient (Wildman–Crippen LogP) is 2.71. The molecular weight excluding hydrogens is 238 g/mol. The Morgan fingerprint density at radius 2 is 2.35 bits per heavy atom. The second-order valence-corrected chi connectivity index (χ2v) is 4.93. The van der Waals surface area contributed by atoms with Crippen LogP contribution < -0.4 is 14.8 Å². The Bertz CT molecular complexity index is 442. The normalized spacial score (nSPS) is 22.1. The third-order valence-corrected chi connectivity index (χ3v) is 3.89. The average molecular weight is 254 g/mol. The molecule has 0 aromatic heterocycles. The molecule has 2 aliphatic heterocycles. The highest BCUT2D eigenvalue weighted by Crippen LogP contribution is 2.45. The van der Waals surface area contributed by atoms with Crippen LogP contribution in [0.5, 0.6) is 11.5 Å². The maximum Gasteiger partial charge on any atom is 0.231 e. The standard InChI is InChI=1S/C13H16ClNO2/c1-2-9-12(8-3-4-15-6-8)10(14)5-11-13(9)17-7-16-11/h5,8,15H,2-4,6-7H2,1H3. The Hall–Kier alpha value is -0.930. The van der Waals surface area contributed by atoms with Gasteiger partial charge in [0.15, 0.2) is 11.5 Å². The van der Waals surface area contributed by atoms with Crippen molar-refractivity contribution in [2.24, 2.45) is 0 Å². The first kappa shape index (κ1) is 11.2. The van der Waals surface area contributed by atoms with Crippen LogP contribution in [0.4, 0.5) is 0 Å². The van der Waals surface area contributed by atoms with Gasteiger partial charge < -0.3 is 14.8 Å². The fourth-order valence-electron chi connectivity index (χ4n) is 2.78. The van der Waals surface area contributed by atoms with Gasteiger partial charge >= 0.3 is 0 Å². The molecule has 92 valence electrons. The van der Waals surface area contributed by atoms with Crippen molar-refractivity contribution in [1.29, 1.82) is 0 Å². The summed E-state index contributed by atoms with van der Waals surface area (Å²) in [6.45, 7) is 4.52. The second-order valence-electron chi connectivity index (χ2n) is 4.53. The van der Waals surface area contributed by atoms with Gasteiger partial charge in [-0.15, -0.1) is 0 Å². The summed E-state index contributed by atoms with van der Waals surface area (Å²) in [4.78, 5) is 0. The number of rotatable bonds is 2. The van der Waals surface area contributed by atoms with E-state index in [9.17, 15) is 0 Å². The summed E-state index contributed by atoms with van der Waals surface area (Å²) in [6.07, 6.45) is 2.07. The quantitative estimate of drug-likeness (QED) is 0.879. The van der Waals surface area contributed by atoms with Crippen molar-refractivity contribution in [3.05, 3.63) is 22.2 Å². The minimum atomic E-state index is 0.311. The van der Waals surface area contributed by atoms with E-state index in [1.807, 2.05) is 6.07 Å². The lowest BCUT2D eigenvalue weighted by molar-refractivity contribution is 0.173. The van der Waals surface area contributed by atoms with E-state index in [1.165, 1.54) is 11.1 Å². The van der Waals surface area contributed by atoms with Crippen LogP contribution in [0.2, 0.25) is 5.02 Å². The lowest BCUT2D eigenvalue weighted by Crippen LogP contribution is -2.10. The van der Waals surface area contributed by atoms with Crippen molar-refractivity contribution in [3.63, 3.8) is 0 Å². The Balaban J connectivity index is 2.12. The summed E-state index contributed by atoms with van der Waals surface area (Å²) >= 11 is 6.41. The van der Waals surface area contributed by atoms with Crippen LogP contribution in [0, 0.1) is 0 Å². The third-order valence-electron chi connectivity index (χ3n) is 3.58. The van der Waals surface area contributed by atoms with Gasteiger partial charge in [0.25, 0.3) is 0 Å². The summed E-state index contributed by atoms with van der Waals surface area (Å²) in [5, 5.41) is 4.21. The molecule has 0 bridgehead atoms. The van der Waals surface area contributed by atoms with Gasteiger partial charge in [0.05, 0.1) is 0 Å². The van der Waals surface area contributed by atoms with Crippen LogP contribution in [0.25, 0.3) is 0 Å². The predicted molar refractivity (Wildman–Crippen MR) is 67.2 cm³/mol. The fourth-order valence-corrected chi connectivity index (χ4v) is 3.15. The summed E-state index contributed by atoms with van der Waals surface area (Å²) in [5.41, 5.74) is 2.47. The topological polar surface area (TPSA) is 30.5 Å². The first-order valence-electron chi connectivity index (χ1n) is 6.12. The number of benzene rings is 1. The smallest absolute Gasteiger partial charge is 0.231 e. The molecule has 1 unspecified atom stereocenters. The molecule has 1 atom stereocenters. The van der Waals surface area contributed by atoms with E-state index in [1.54, 1.807) is 0 Å². The zero-order valence-electron chi connectivity index (χ0n) is 9.88. The van der Waals surface area contributed by atoms with Crippen molar-refractivity contribution >= 4 is 11.6 Å². The molecule has 17 heavy (non-hydrogen) atoms. The molecular formula is C13H16ClNO2. The summed E-state index contributed by atoms with van der Waals surface area (Å²) < 4.78 is 11.0. The number of hydrogen-bond acceptors (Lipinski definition) is 3. The molecule has 1 aromatic rings. The van der Waals surface area contributed by atoms with E-state index >= 15 is 0 Å². The summed E-state index contributed by atoms with van der Waals surface area (Å²) in [7, 11) is 0. The monoisotopic (exact) mass is 253 g/mol. The molecule has 3 rings (SSSR count). The average Bonchev–Trinajstić information content (AvgIpc) is 2.96. The van der Waals surface area contributed by atoms with E-state index in [0.717, 1.165) is 42.5 Å². The molecule has 1 N–H and O–H groups in total. The maximum absolute atomic E-state index is 6.41. The zero-order chi connectivity index (χ0) is 11.8. The largest absolute Gasteiger partial charge is 0.454 e. The molecule has 0 amide bonds. The molecule has 2 aliphatic rings. The SMILES string of the molecule is CCc1c2c(cc(Cl)c1C1CCNC1)OCO2. The van der Waals surface area contributed by atoms with E-state index in [0.29, 0.717) is 12.7 Å². The fraction of sp³-hybridized carbons (Fsp3) is 0.538. The lowest BCUT2D eigenvalue weighted by atomic mass is 9.91. The number of fused-ring (bicyclic) bond motifs is 1. The third kappa shape index (κ3) is 1.78. The van der Waals surface area contributed by atoms with Gasteiger partial charge in [-0.25, -0.2) is 0 Å². The van der Waals surface area contributed by atoms with Gasteiger partial charge in [0.2, 0.25) is 6.79 Å². The lowest BCUT2D eigenvalue weighted by Gasteiger charge is -2.17. The zero-order valence-corrected chi connectivity index (χ0v) is 10.6. The number of ether oxygens (including phenoxy) is 2. The van der Waals surface area contributed by atoms with Gasteiger partial charge in [0, 0.05) is 23.2 Å². The van der Waals surface area contributed by atoms with E-state index in [4.69, 9.17) is 21.1 Å². The van der Waals surface area contributed by atoms with Crippen LogP contribution in [0.1, 0.15) is 30.4 Å². The minimum Gasteiger partial charge on any atom is -0.454 e. The van der Waals surface area contributed by atoms with E-state index in [2.05, 4.69) is 12.2 Å². The Morgan fingerprint density at radius 1 is 1.47 bits per heavy atom. The van der Waals surface area contributed by atoms with E-state index in [-0.39, 0.29) is 0 Å². The highest BCUT2D eigenvalue weighted by Gasteiger charge is 2.28. The number of nitrogens with one attached hydrogen (secondary N) is 1. The van der Waals surface area contributed by atoms with Crippen LogP contribution in [0.3, 0.4) is 0 Å². The molecule has 0 spiro atoms. The molecule has 0 aliphatic carbocycles. The van der Waals surface area contributed by atoms with Crippen molar-refractivity contribution in [2.75, 3.05) is 19.9 Å². The molecule has 3 nitrogen and oxygen atoms in total. The minimum absolute atomic E-state index is 0.311. The summed E-state index contributed by atoms with van der Waals surface area (Å²) in [6, 6.07) is 1.90. The van der Waals surface area contributed by atoms with Gasteiger partial charge in [-0.3, -0.25) is 0 Å². The van der Waals surface area contributed by atoms with Gasteiger partial charge in [0.1, 0.15) is 0 Å². The van der Waals surface area contributed by atoms with E-state index < -0.39 is 0 Å². The van der Waals surface area contributed by atoms with Crippen LogP contribution >= 0.6 is 11.6 Å². The maximum atomic E-state index is 6.41. The van der Waals surface area contributed by atoms with Gasteiger partial charge in [-0.05, 0) is 30.9 Å². The van der Waals surface area contributed by atoms with Crippen LogP contribution in [-0.2, 0) is 6.42 Å². The van der Waals surface area contributed by atoms with Crippen molar-refractivity contribution in [1.82, 2.24) is 5.32 Å². The molecule has 1 fully saturated rings. The second kappa shape index (κ2) is 4.39. The molecule has 4 heteroatoms.